The van der Waals surface area contributed by atoms with E-state index in [0.717, 1.165) is 41.8 Å². The van der Waals surface area contributed by atoms with Gasteiger partial charge in [-0.2, -0.15) is 0 Å². The molecule has 2 aliphatic carbocycles. The molecule has 5 rings (SSSR count). The number of hydrogen-bond acceptors (Lipinski definition) is 5. The molecule has 3 aliphatic rings. The Morgan fingerprint density at radius 3 is 2.79 bits per heavy atom. The Morgan fingerprint density at radius 2 is 1.97 bits per heavy atom. The normalized spacial score (nSPS) is 19.7. The molecule has 0 radical (unpaired) electrons. The Morgan fingerprint density at radius 1 is 1.17 bits per heavy atom. The van der Waals surface area contributed by atoms with Crippen LogP contribution >= 0.6 is 11.3 Å². The zero-order valence-electron chi connectivity index (χ0n) is 16.0. The lowest BCUT2D eigenvalue weighted by atomic mass is 9.98. The molecule has 1 aromatic carbocycles. The monoisotopic (exact) mass is 410 g/mol. The van der Waals surface area contributed by atoms with Gasteiger partial charge in [-0.3, -0.25) is 14.5 Å². The standard InChI is InChI=1S/C21H22N4O3S/c26-17(11-25-18(27)21(24-20(25)28)8-1-2-9-21)23-19-22-16(12-29-19)15-7-6-13-4-3-5-14(13)10-15/h6-7,10,12H,1-5,8-9,11H2,(H,24,28)(H,22,23,26). The second kappa shape index (κ2) is 6.95. The fraction of sp³-hybridized carbons (Fsp3) is 0.429. The van der Waals surface area contributed by atoms with Crippen LogP contribution in [-0.4, -0.2) is 39.8 Å². The topological polar surface area (TPSA) is 91.4 Å². The van der Waals surface area contributed by atoms with Crippen LogP contribution in [0.3, 0.4) is 0 Å². The van der Waals surface area contributed by atoms with Gasteiger partial charge in [0.15, 0.2) is 5.13 Å². The zero-order chi connectivity index (χ0) is 20.0. The van der Waals surface area contributed by atoms with Crippen LogP contribution in [-0.2, 0) is 22.4 Å². The van der Waals surface area contributed by atoms with E-state index in [4.69, 9.17) is 0 Å². The van der Waals surface area contributed by atoms with Crippen LogP contribution in [0.25, 0.3) is 11.3 Å². The van der Waals surface area contributed by atoms with Gasteiger partial charge in [-0.1, -0.05) is 25.0 Å². The molecule has 2 aromatic rings. The third-order valence-corrected chi connectivity index (χ3v) is 6.91. The van der Waals surface area contributed by atoms with Gasteiger partial charge in [-0.15, -0.1) is 11.3 Å². The van der Waals surface area contributed by atoms with E-state index in [2.05, 4.69) is 33.8 Å². The lowest BCUT2D eigenvalue weighted by molar-refractivity contribution is -0.133. The van der Waals surface area contributed by atoms with Crippen molar-refractivity contribution in [1.82, 2.24) is 15.2 Å². The highest BCUT2D eigenvalue weighted by Gasteiger charge is 2.52. The minimum absolute atomic E-state index is 0.284. The van der Waals surface area contributed by atoms with Crippen molar-refractivity contribution in [3.05, 3.63) is 34.7 Å². The number of urea groups is 1. The molecule has 1 spiro atoms. The van der Waals surface area contributed by atoms with Crippen molar-refractivity contribution in [2.24, 2.45) is 0 Å². The summed E-state index contributed by atoms with van der Waals surface area (Å²) >= 11 is 1.34. The maximum absolute atomic E-state index is 12.7. The van der Waals surface area contributed by atoms with Gasteiger partial charge in [-0.05, 0) is 49.3 Å². The number of anilines is 1. The highest BCUT2D eigenvalue weighted by atomic mass is 32.1. The van der Waals surface area contributed by atoms with E-state index in [-0.39, 0.29) is 12.5 Å². The van der Waals surface area contributed by atoms with Crippen molar-refractivity contribution in [1.29, 1.82) is 0 Å². The molecule has 0 unspecified atom stereocenters. The molecule has 1 saturated carbocycles. The summed E-state index contributed by atoms with van der Waals surface area (Å²) in [6.07, 6.45) is 6.55. The highest BCUT2D eigenvalue weighted by molar-refractivity contribution is 7.14. The van der Waals surface area contributed by atoms with E-state index in [1.165, 1.54) is 28.9 Å². The Hall–Kier alpha value is -2.74. The summed E-state index contributed by atoms with van der Waals surface area (Å²) in [6, 6.07) is 5.92. The summed E-state index contributed by atoms with van der Waals surface area (Å²) < 4.78 is 0. The summed E-state index contributed by atoms with van der Waals surface area (Å²) in [5.41, 5.74) is 3.85. The van der Waals surface area contributed by atoms with Crippen molar-refractivity contribution in [2.45, 2.75) is 50.5 Å². The van der Waals surface area contributed by atoms with Crippen LogP contribution in [0.15, 0.2) is 23.6 Å². The number of amides is 4. The number of aryl methyl sites for hydroxylation is 2. The molecule has 2 fully saturated rings. The molecular weight excluding hydrogens is 388 g/mol. The van der Waals surface area contributed by atoms with E-state index in [0.29, 0.717) is 18.0 Å². The molecule has 8 heteroatoms. The Bertz CT molecular complexity index is 1010. The average Bonchev–Trinajstić information content (AvgIpc) is 3.47. The van der Waals surface area contributed by atoms with E-state index < -0.39 is 17.5 Å². The van der Waals surface area contributed by atoms with Gasteiger partial charge in [0.2, 0.25) is 5.91 Å². The van der Waals surface area contributed by atoms with Gasteiger partial charge in [0.1, 0.15) is 12.1 Å². The maximum Gasteiger partial charge on any atom is 0.325 e. The molecule has 2 heterocycles. The van der Waals surface area contributed by atoms with Crippen molar-refractivity contribution in [3.8, 4) is 11.3 Å². The van der Waals surface area contributed by atoms with Crippen LogP contribution in [0.1, 0.15) is 43.2 Å². The number of carbonyl (C=O) groups is 3. The number of thiazole rings is 1. The van der Waals surface area contributed by atoms with E-state index in [9.17, 15) is 14.4 Å². The van der Waals surface area contributed by atoms with Gasteiger partial charge in [0.05, 0.1) is 5.69 Å². The SMILES string of the molecule is O=C(CN1C(=O)NC2(CCCC2)C1=O)Nc1nc(-c2ccc3c(c2)CCC3)cs1. The first-order chi connectivity index (χ1) is 14.0. The number of nitrogens with zero attached hydrogens (tertiary/aromatic N) is 2. The molecule has 4 amide bonds. The summed E-state index contributed by atoms with van der Waals surface area (Å²) in [5.74, 6) is -0.702. The zero-order valence-corrected chi connectivity index (χ0v) is 16.8. The van der Waals surface area contributed by atoms with Gasteiger partial charge in [0.25, 0.3) is 5.91 Å². The second-order valence-corrected chi connectivity index (χ2v) is 8.89. The van der Waals surface area contributed by atoms with Gasteiger partial charge < -0.3 is 10.6 Å². The van der Waals surface area contributed by atoms with Crippen molar-refractivity contribution in [2.75, 3.05) is 11.9 Å². The third kappa shape index (κ3) is 3.21. The summed E-state index contributed by atoms with van der Waals surface area (Å²) in [4.78, 5) is 42.9. The van der Waals surface area contributed by atoms with Crippen LogP contribution in [0.4, 0.5) is 9.93 Å². The van der Waals surface area contributed by atoms with Gasteiger partial charge >= 0.3 is 6.03 Å². The highest BCUT2D eigenvalue weighted by Crippen LogP contribution is 2.35. The smallest absolute Gasteiger partial charge is 0.323 e. The minimum Gasteiger partial charge on any atom is -0.323 e. The quantitative estimate of drug-likeness (QED) is 0.758. The molecule has 150 valence electrons. The minimum atomic E-state index is -0.792. The van der Waals surface area contributed by atoms with Crippen LogP contribution in [0.5, 0.6) is 0 Å². The predicted octanol–water partition coefficient (Wildman–Crippen LogP) is 3.10. The molecular formula is C21H22N4O3S. The second-order valence-electron chi connectivity index (χ2n) is 8.03. The maximum atomic E-state index is 12.7. The molecule has 29 heavy (non-hydrogen) atoms. The van der Waals surface area contributed by atoms with Crippen LogP contribution < -0.4 is 10.6 Å². The lowest BCUT2D eigenvalue weighted by Gasteiger charge is -2.19. The molecule has 0 atom stereocenters. The molecule has 1 aromatic heterocycles. The number of carbonyl (C=O) groups excluding carboxylic acids is 3. The van der Waals surface area contributed by atoms with Crippen molar-refractivity contribution < 1.29 is 14.4 Å². The van der Waals surface area contributed by atoms with Gasteiger partial charge in [0, 0.05) is 10.9 Å². The fourth-order valence-corrected chi connectivity index (χ4v) is 5.37. The lowest BCUT2D eigenvalue weighted by Crippen LogP contribution is -2.44. The largest absolute Gasteiger partial charge is 0.325 e. The molecule has 0 bridgehead atoms. The Kier molecular flexibility index (Phi) is 4.38. The predicted molar refractivity (Wildman–Crippen MR) is 110 cm³/mol. The number of fused-ring (bicyclic) bond motifs is 1. The number of benzene rings is 1. The van der Waals surface area contributed by atoms with Crippen molar-refractivity contribution in [3.63, 3.8) is 0 Å². The summed E-state index contributed by atoms with van der Waals surface area (Å²) in [6.45, 7) is -0.291. The summed E-state index contributed by atoms with van der Waals surface area (Å²) in [7, 11) is 0. The first-order valence-corrected chi connectivity index (χ1v) is 10.9. The molecule has 2 N–H and O–H groups in total. The average molecular weight is 410 g/mol. The van der Waals surface area contributed by atoms with Crippen LogP contribution in [0.2, 0.25) is 0 Å². The molecule has 1 saturated heterocycles. The van der Waals surface area contributed by atoms with Gasteiger partial charge in [-0.25, -0.2) is 9.78 Å². The summed E-state index contributed by atoms with van der Waals surface area (Å²) in [5, 5.41) is 7.89. The molecule has 1 aliphatic heterocycles. The van der Waals surface area contributed by atoms with E-state index in [1.807, 2.05) is 5.38 Å². The molecule has 7 nitrogen and oxygen atoms in total. The fourth-order valence-electron chi connectivity index (χ4n) is 4.63. The number of nitrogens with one attached hydrogen (secondary N) is 2. The number of hydrogen-bond donors (Lipinski definition) is 2. The first kappa shape index (κ1) is 18.3. The van der Waals surface area contributed by atoms with Crippen LogP contribution in [0, 0.1) is 0 Å². The number of rotatable bonds is 4. The third-order valence-electron chi connectivity index (χ3n) is 6.15. The van der Waals surface area contributed by atoms with Crippen molar-refractivity contribution >= 4 is 34.3 Å². The Balaban J connectivity index is 1.25. The Labute approximate surface area is 172 Å². The van der Waals surface area contributed by atoms with E-state index >= 15 is 0 Å². The number of aromatic nitrogens is 1. The first-order valence-electron chi connectivity index (χ1n) is 10.1. The van der Waals surface area contributed by atoms with E-state index in [1.54, 1.807) is 0 Å². The number of imide groups is 1.